The zero-order chi connectivity index (χ0) is 22.7. The van der Waals surface area contributed by atoms with Gasteiger partial charge in [-0.05, 0) is 49.2 Å². The number of nitrogens with one attached hydrogen (secondary N) is 2. The van der Waals surface area contributed by atoms with Crippen molar-refractivity contribution in [2.24, 2.45) is 7.05 Å². The predicted octanol–water partition coefficient (Wildman–Crippen LogP) is 5.32. The first kappa shape index (κ1) is 19.4. The number of pyridine rings is 2. The topological polar surface area (TPSA) is 88.1 Å². The average Bonchev–Trinajstić information content (AvgIpc) is 3.49. The van der Waals surface area contributed by atoms with Crippen LogP contribution in [0.2, 0.25) is 0 Å². The molecular formula is C25H20FN7. The Morgan fingerprint density at radius 1 is 0.879 bits per heavy atom. The van der Waals surface area contributed by atoms with Crippen molar-refractivity contribution >= 4 is 21.8 Å². The number of aromatic nitrogens is 7. The van der Waals surface area contributed by atoms with E-state index in [-0.39, 0.29) is 5.82 Å². The minimum Gasteiger partial charge on any atom is -0.352 e. The molecule has 0 saturated heterocycles. The molecule has 0 aliphatic heterocycles. The Balaban J connectivity index is 1.52. The molecule has 0 unspecified atom stereocenters. The third kappa shape index (κ3) is 3.10. The van der Waals surface area contributed by atoms with Crippen LogP contribution in [0.1, 0.15) is 11.4 Å². The molecule has 162 valence electrons. The summed E-state index contributed by atoms with van der Waals surface area (Å²) in [5.41, 5.74) is 7.60. The molecule has 33 heavy (non-hydrogen) atoms. The Kier molecular flexibility index (Phi) is 4.16. The number of halogens is 1. The van der Waals surface area contributed by atoms with Gasteiger partial charge in [0.1, 0.15) is 17.3 Å². The lowest BCUT2D eigenvalue weighted by Crippen LogP contribution is -1.95. The van der Waals surface area contributed by atoms with Gasteiger partial charge < -0.3 is 9.55 Å². The average molecular weight is 437 g/mol. The van der Waals surface area contributed by atoms with Crippen molar-refractivity contribution in [3.8, 4) is 33.9 Å². The van der Waals surface area contributed by atoms with Crippen molar-refractivity contribution in [2.45, 2.75) is 13.8 Å². The van der Waals surface area contributed by atoms with Gasteiger partial charge in [0.2, 0.25) is 0 Å². The second kappa shape index (κ2) is 7.09. The van der Waals surface area contributed by atoms with Crippen molar-refractivity contribution in [3.63, 3.8) is 0 Å². The zero-order valence-electron chi connectivity index (χ0n) is 18.3. The molecule has 0 atom stereocenters. The van der Waals surface area contributed by atoms with Crippen molar-refractivity contribution in [2.75, 3.05) is 0 Å². The quantitative estimate of drug-likeness (QED) is 0.392. The molecule has 7 nitrogen and oxygen atoms in total. The van der Waals surface area contributed by atoms with E-state index in [4.69, 9.17) is 0 Å². The van der Waals surface area contributed by atoms with Gasteiger partial charge in [-0.15, -0.1) is 0 Å². The van der Waals surface area contributed by atoms with Crippen LogP contribution in [0, 0.1) is 19.7 Å². The standard InChI is InChI=1S/C25H20FN7/c1-13-4-15(6-16(26)5-13)19-9-27-10-22-17(19)7-21(30-22)25-18-8-20(29-11-23(18)31-32-25)24-12-28-14(2)33(24)3/h4-12,30H,1-3H3,(H,31,32). The summed E-state index contributed by atoms with van der Waals surface area (Å²) in [6.07, 6.45) is 7.15. The summed E-state index contributed by atoms with van der Waals surface area (Å²) in [4.78, 5) is 16.8. The monoisotopic (exact) mass is 437 g/mol. The van der Waals surface area contributed by atoms with Gasteiger partial charge in [-0.25, -0.2) is 9.37 Å². The molecule has 0 fully saturated rings. The van der Waals surface area contributed by atoms with Gasteiger partial charge in [0.25, 0.3) is 0 Å². The summed E-state index contributed by atoms with van der Waals surface area (Å²) in [5.74, 6) is 0.657. The van der Waals surface area contributed by atoms with E-state index >= 15 is 0 Å². The Morgan fingerprint density at radius 2 is 1.76 bits per heavy atom. The summed E-state index contributed by atoms with van der Waals surface area (Å²) in [6, 6.07) is 9.07. The van der Waals surface area contributed by atoms with Crippen LogP contribution in [0.15, 0.2) is 55.1 Å². The Labute approximate surface area is 188 Å². The van der Waals surface area contributed by atoms with Crippen LogP contribution in [0.5, 0.6) is 0 Å². The number of imidazole rings is 1. The molecular weight excluding hydrogens is 417 g/mol. The number of aryl methyl sites for hydroxylation is 2. The number of benzene rings is 1. The first-order valence-corrected chi connectivity index (χ1v) is 10.6. The van der Waals surface area contributed by atoms with Crippen LogP contribution in [0.3, 0.4) is 0 Å². The van der Waals surface area contributed by atoms with Gasteiger partial charge in [0, 0.05) is 29.6 Å². The molecule has 0 amide bonds. The lowest BCUT2D eigenvalue weighted by molar-refractivity contribution is 0.627. The van der Waals surface area contributed by atoms with Crippen LogP contribution < -0.4 is 0 Å². The van der Waals surface area contributed by atoms with E-state index in [1.165, 1.54) is 12.1 Å². The smallest absolute Gasteiger partial charge is 0.124 e. The third-order valence-electron chi connectivity index (χ3n) is 6.08. The highest BCUT2D eigenvalue weighted by Gasteiger charge is 2.16. The summed E-state index contributed by atoms with van der Waals surface area (Å²) >= 11 is 0. The molecule has 0 aliphatic rings. The normalized spacial score (nSPS) is 11.6. The Morgan fingerprint density at radius 3 is 2.55 bits per heavy atom. The number of hydrogen-bond acceptors (Lipinski definition) is 4. The van der Waals surface area contributed by atoms with Crippen molar-refractivity contribution in [3.05, 3.63) is 72.3 Å². The maximum Gasteiger partial charge on any atom is 0.124 e. The Bertz CT molecular complexity index is 1650. The first-order chi connectivity index (χ1) is 16.0. The van der Waals surface area contributed by atoms with Gasteiger partial charge >= 0.3 is 0 Å². The third-order valence-corrected chi connectivity index (χ3v) is 6.08. The second-order valence-electron chi connectivity index (χ2n) is 8.29. The summed E-state index contributed by atoms with van der Waals surface area (Å²) in [7, 11) is 1.97. The van der Waals surface area contributed by atoms with E-state index < -0.39 is 0 Å². The summed E-state index contributed by atoms with van der Waals surface area (Å²) in [6.45, 7) is 3.84. The van der Waals surface area contributed by atoms with Gasteiger partial charge in [-0.3, -0.25) is 15.1 Å². The number of H-pyrrole nitrogens is 2. The highest BCUT2D eigenvalue weighted by Crippen LogP contribution is 2.34. The van der Waals surface area contributed by atoms with Gasteiger partial charge in [0.15, 0.2) is 0 Å². The second-order valence-corrected chi connectivity index (χ2v) is 8.29. The molecule has 0 saturated carbocycles. The number of hydrogen-bond donors (Lipinski definition) is 2. The molecule has 6 rings (SSSR count). The molecule has 5 heterocycles. The maximum absolute atomic E-state index is 14.1. The fourth-order valence-electron chi connectivity index (χ4n) is 4.30. The minimum atomic E-state index is -0.263. The molecule has 6 aromatic rings. The van der Waals surface area contributed by atoms with Crippen LogP contribution in [0.25, 0.3) is 55.7 Å². The SMILES string of the molecule is Cc1cc(F)cc(-c2cncc3[nH]c(-c4n[nH]c5cnc(-c6cnc(C)n6C)cc45)cc23)c1. The molecule has 0 spiro atoms. The molecule has 0 bridgehead atoms. The number of fused-ring (bicyclic) bond motifs is 2. The van der Waals surface area contributed by atoms with Crippen LogP contribution in [-0.4, -0.2) is 34.7 Å². The summed E-state index contributed by atoms with van der Waals surface area (Å²) < 4.78 is 16.1. The van der Waals surface area contributed by atoms with E-state index in [1.54, 1.807) is 18.6 Å². The molecule has 0 aliphatic carbocycles. The highest BCUT2D eigenvalue weighted by atomic mass is 19.1. The van der Waals surface area contributed by atoms with E-state index in [0.29, 0.717) is 0 Å². The molecule has 5 aromatic heterocycles. The molecule has 0 radical (unpaired) electrons. The summed E-state index contributed by atoms with van der Waals surface area (Å²) in [5, 5.41) is 9.53. The predicted molar refractivity (Wildman–Crippen MR) is 126 cm³/mol. The van der Waals surface area contributed by atoms with E-state index in [9.17, 15) is 4.39 Å². The molecule has 2 N–H and O–H groups in total. The van der Waals surface area contributed by atoms with Gasteiger partial charge in [0.05, 0.1) is 46.7 Å². The van der Waals surface area contributed by atoms with Crippen molar-refractivity contribution in [1.82, 2.24) is 34.7 Å². The largest absolute Gasteiger partial charge is 0.352 e. The lowest BCUT2D eigenvalue weighted by atomic mass is 10.0. The van der Waals surface area contributed by atoms with Crippen LogP contribution in [0.4, 0.5) is 4.39 Å². The maximum atomic E-state index is 14.1. The first-order valence-electron chi connectivity index (χ1n) is 10.6. The fraction of sp³-hybridized carbons (Fsp3) is 0.120. The zero-order valence-corrected chi connectivity index (χ0v) is 18.3. The number of rotatable bonds is 3. The Hall–Kier alpha value is -4.33. The number of aromatic amines is 2. The highest BCUT2D eigenvalue weighted by molar-refractivity contribution is 6.01. The molecule has 8 heteroatoms. The van der Waals surface area contributed by atoms with Crippen LogP contribution >= 0.6 is 0 Å². The fourth-order valence-corrected chi connectivity index (χ4v) is 4.30. The van der Waals surface area contributed by atoms with Crippen molar-refractivity contribution in [1.29, 1.82) is 0 Å². The van der Waals surface area contributed by atoms with E-state index in [1.807, 2.05) is 49.9 Å². The van der Waals surface area contributed by atoms with Crippen LogP contribution in [-0.2, 0) is 7.05 Å². The van der Waals surface area contributed by atoms with Crippen molar-refractivity contribution < 1.29 is 4.39 Å². The minimum absolute atomic E-state index is 0.263. The van der Waals surface area contributed by atoms with E-state index in [0.717, 1.165) is 67.1 Å². The van der Waals surface area contributed by atoms with Gasteiger partial charge in [-0.1, -0.05) is 6.07 Å². The number of nitrogens with zero attached hydrogens (tertiary/aromatic N) is 5. The van der Waals surface area contributed by atoms with Gasteiger partial charge in [-0.2, -0.15) is 5.10 Å². The lowest BCUT2D eigenvalue weighted by Gasteiger charge is -2.05. The van der Waals surface area contributed by atoms with E-state index in [2.05, 4.69) is 30.1 Å². The molecule has 1 aromatic carbocycles.